The van der Waals surface area contributed by atoms with Gasteiger partial charge in [-0.25, -0.2) is 13.2 Å². The number of carbonyl (C=O) groups is 2. The van der Waals surface area contributed by atoms with Crippen LogP contribution in [-0.4, -0.2) is 44.0 Å². The molecule has 0 bridgehead atoms. The van der Waals surface area contributed by atoms with E-state index < -0.39 is 33.9 Å². The van der Waals surface area contributed by atoms with E-state index in [9.17, 15) is 18.0 Å². The predicted octanol–water partition coefficient (Wildman–Crippen LogP) is 1.83. The molecule has 1 aliphatic rings. The molecule has 2 aromatic rings. The minimum atomic E-state index is -3.11. The standard InChI is InChI=1S/C21H24N2O5S/c24-20(22-18-11-12-29(26,27)15-18)19(13-16-7-3-1-4-8-16)23-21(25)28-14-17-9-5-2-6-10-17/h1-10,18-19H,11-15H2,(H,22,24)(H,23,25)/t18-,19-/m1/s1. The lowest BCUT2D eigenvalue weighted by Gasteiger charge is -2.20. The van der Waals surface area contributed by atoms with Crippen LogP contribution in [0.3, 0.4) is 0 Å². The van der Waals surface area contributed by atoms with Crippen molar-refractivity contribution in [3.05, 3.63) is 71.8 Å². The molecule has 1 heterocycles. The van der Waals surface area contributed by atoms with Gasteiger partial charge in [-0.05, 0) is 17.5 Å². The molecule has 29 heavy (non-hydrogen) atoms. The van der Waals surface area contributed by atoms with Crippen molar-refractivity contribution < 1.29 is 22.7 Å². The predicted molar refractivity (Wildman–Crippen MR) is 109 cm³/mol. The number of rotatable bonds is 7. The van der Waals surface area contributed by atoms with E-state index in [-0.39, 0.29) is 24.5 Å². The van der Waals surface area contributed by atoms with E-state index in [1.807, 2.05) is 60.7 Å². The minimum Gasteiger partial charge on any atom is -0.445 e. The molecule has 0 aromatic heterocycles. The summed E-state index contributed by atoms with van der Waals surface area (Å²) in [6, 6.07) is 17.2. The van der Waals surface area contributed by atoms with E-state index in [0.717, 1.165) is 11.1 Å². The molecule has 2 amide bonds. The zero-order valence-electron chi connectivity index (χ0n) is 15.9. The molecule has 1 saturated heterocycles. The largest absolute Gasteiger partial charge is 0.445 e. The fourth-order valence-electron chi connectivity index (χ4n) is 3.18. The quantitative estimate of drug-likeness (QED) is 0.717. The van der Waals surface area contributed by atoms with Crippen molar-refractivity contribution in [2.24, 2.45) is 0 Å². The van der Waals surface area contributed by atoms with Crippen LogP contribution < -0.4 is 10.6 Å². The number of amides is 2. The average Bonchev–Trinajstić information content (AvgIpc) is 3.05. The molecule has 0 unspecified atom stereocenters. The van der Waals surface area contributed by atoms with Gasteiger partial charge in [0.25, 0.3) is 0 Å². The molecular weight excluding hydrogens is 392 g/mol. The van der Waals surface area contributed by atoms with Crippen LogP contribution in [0.1, 0.15) is 17.5 Å². The summed E-state index contributed by atoms with van der Waals surface area (Å²) in [5.74, 6) is -0.434. The smallest absolute Gasteiger partial charge is 0.408 e. The van der Waals surface area contributed by atoms with Crippen LogP contribution >= 0.6 is 0 Å². The van der Waals surface area contributed by atoms with Crippen molar-refractivity contribution in [1.29, 1.82) is 0 Å². The minimum absolute atomic E-state index is 0.0633. The van der Waals surface area contributed by atoms with E-state index in [0.29, 0.717) is 6.42 Å². The fraction of sp³-hybridized carbons (Fsp3) is 0.333. The molecule has 1 aliphatic heterocycles. The topological polar surface area (TPSA) is 102 Å². The Hall–Kier alpha value is -2.87. The molecule has 0 aliphatic carbocycles. The summed E-state index contributed by atoms with van der Waals surface area (Å²) >= 11 is 0. The van der Waals surface area contributed by atoms with Gasteiger partial charge in [-0.2, -0.15) is 0 Å². The maximum atomic E-state index is 12.7. The fourth-order valence-corrected chi connectivity index (χ4v) is 4.85. The highest BCUT2D eigenvalue weighted by molar-refractivity contribution is 7.91. The second kappa shape index (κ2) is 9.56. The van der Waals surface area contributed by atoms with Gasteiger partial charge in [0.2, 0.25) is 5.91 Å². The molecule has 1 fully saturated rings. The second-order valence-electron chi connectivity index (χ2n) is 7.06. The molecule has 3 rings (SSSR count). The summed E-state index contributed by atoms with van der Waals surface area (Å²) in [7, 11) is -3.11. The van der Waals surface area contributed by atoms with Crippen LogP contribution in [0.5, 0.6) is 0 Å². The maximum absolute atomic E-state index is 12.7. The van der Waals surface area contributed by atoms with Crippen LogP contribution in [-0.2, 0) is 32.4 Å². The van der Waals surface area contributed by atoms with E-state index >= 15 is 0 Å². The summed E-state index contributed by atoms with van der Waals surface area (Å²) in [6.45, 7) is 0.0905. The Morgan fingerprint density at radius 3 is 2.21 bits per heavy atom. The maximum Gasteiger partial charge on any atom is 0.408 e. The van der Waals surface area contributed by atoms with Crippen molar-refractivity contribution in [2.75, 3.05) is 11.5 Å². The number of benzene rings is 2. The van der Waals surface area contributed by atoms with Crippen molar-refractivity contribution in [3.8, 4) is 0 Å². The molecule has 0 radical (unpaired) electrons. The average molecular weight is 416 g/mol. The summed E-state index contributed by atoms with van der Waals surface area (Å²) < 4.78 is 28.5. The van der Waals surface area contributed by atoms with E-state index in [1.165, 1.54) is 0 Å². The number of hydrogen-bond acceptors (Lipinski definition) is 5. The molecular formula is C21H24N2O5S. The first-order valence-electron chi connectivity index (χ1n) is 9.43. The SMILES string of the molecule is O=C(N[C@H](Cc1ccccc1)C(=O)N[C@@H]1CCS(=O)(=O)C1)OCc1ccccc1. The summed E-state index contributed by atoms with van der Waals surface area (Å²) in [5, 5.41) is 5.35. The van der Waals surface area contributed by atoms with Crippen molar-refractivity contribution in [1.82, 2.24) is 10.6 Å². The summed E-state index contributed by atoms with van der Waals surface area (Å²) in [4.78, 5) is 25.0. The van der Waals surface area contributed by atoms with Gasteiger partial charge in [-0.3, -0.25) is 4.79 Å². The van der Waals surface area contributed by atoms with Crippen LogP contribution in [0, 0.1) is 0 Å². The van der Waals surface area contributed by atoms with Crippen molar-refractivity contribution >= 4 is 21.8 Å². The van der Waals surface area contributed by atoms with Gasteiger partial charge < -0.3 is 15.4 Å². The van der Waals surface area contributed by atoms with Crippen LogP contribution in [0.25, 0.3) is 0 Å². The summed E-state index contributed by atoms with van der Waals surface area (Å²) in [5.41, 5.74) is 1.71. The Labute approximate surface area is 170 Å². The third-order valence-electron chi connectivity index (χ3n) is 4.68. The molecule has 0 spiro atoms. The van der Waals surface area contributed by atoms with E-state index in [2.05, 4.69) is 10.6 Å². The van der Waals surface area contributed by atoms with Crippen LogP contribution in [0.2, 0.25) is 0 Å². The van der Waals surface area contributed by atoms with Gasteiger partial charge in [-0.15, -0.1) is 0 Å². The Balaban J connectivity index is 1.62. The van der Waals surface area contributed by atoms with E-state index in [4.69, 9.17) is 4.74 Å². The number of nitrogens with one attached hydrogen (secondary N) is 2. The number of hydrogen-bond donors (Lipinski definition) is 2. The molecule has 8 heteroatoms. The van der Waals surface area contributed by atoms with Gasteiger partial charge in [0, 0.05) is 12.5 Å². The number of ether oxygens (including phenoxy) is 1. The van der Waals surface area contributed by atoms with E-state index in [1.54, 1.807) is 0 Å². The van der Waals surface area contributed by atoms with Crippen LogP contribution in [0.4, 0.5) is 4.79 Å². The third kappa shape index (κ3) is 6.60. The molecule has 154 valence electrons. The zero-order valence-corrected chi connectivity index (χ0v) is 16.7. The van der Waals surface area contributed by atoms with Gasteiger partial charge >= 0.3 is 6.09 Å². The number of carbonyl (C=O) groups excluding carboxylic acids is 2. The molecule has 2 aromatic carbocycles. The lowest BCUT2D eigenvalue weighted by molar-refractivity contribution is -0.123. The number of sulfone groups is 1. The Morgan fingerprint density at radius 2 is 1.62 bits per heavy atom. The Bertz CT molecular complexity index is 932. The highest BCUT2D eigenvalue weighted by atomic mass is 32.2. The molecule has 0 saturated carbocycles. The molecule has 2 atom stereocenters. The third-order valence-corrected chi connectivity index (χ3v) is 6.45. The normalized spacial score (nSPS) is 18.6. The first kappa shape index (κ1) is 20.9. The first-order valence-corrected chi connectivity index (χ1v) is 11.3. The van der Waals surface area contributed by atoms with Crippen molar-refractivity contribution in [3.63, 3.8) is 0 Å². The van der Waals surface area contributed by atoms with Gasteiger partial charge in [0.15, 0.2) is 9.84 Å². The molecule has 7 nitrogen and oxygen atoms in total. The highest BCUT2D eigenvalue weighted by Crippen LogP contribution is 2.12. The number of alkyl carbamates (subject to hydrolysis) is 1. The summed E-state index contributed by atoms with van der Waals surface area (Å²) in [6.07, 6.45) is -0.0547. The monoisotopic (exact) mass is 416 g/mol. The lowest BCUT2D eigenvalue weighted by atomic mass is 10.0. The zero-order chi connectivity index (χ0) is 20.7. The second-order valence-corrected chi connectivity index (χ2v) is 9.29. The van der Waals surface area contributed by atoms with Gasteiger partial charge in [0.05, 0.1) is 11.5 Å². The van der Waals surface area contributed by atoms with Crippen molar-refractivity contribution in [2.45, 2.75) is 31.5 Å². The highest BCUT2D eigenvalue weighted by Gasteiger charge is 2.31. The Kier molecular flexibility index (Phi) is 6.87. The molecule has 2 N–H and O–H groups in total. The first-order chi connectivity index (χ1) is 13.9. The lowest BCUT2D eigenvalue weighted by Crippen LogP contribution is -2.51. The Morgan fingerprint density at radius 1 is 1.00 bits per heavy atom. The van der Waals surface area contributed by atoms with Crippen LogP contribution in [0.15, 0.2) is 60.7 Å². The van der Waals surface area contributed by atoms with Gasteiger partial charge in [0.1, 0.15) is 12.6 Å². The van der Waals surface area contributed by atoms with Gasteiger partial charge in [-0.1, -0.05) is 60.7 Å².